The first kappa shape index (κ1) is 14.5. The Hall–Kier alpha value is -1.87. The molecular weight excluding hydrogens is 298 g/mol. The maximum absolute atomic E-state index is 11.8. The highest BCUT2D eigenvalue weighted by Crippen LogP contribution is 2.23. The van der Waals surface area contributed by atoms with E-state index in [4.69, 9.17) is 5.73 Å². The van der Waals surface area contributed by atoms with Crippen molar-refractivity contribution in [2.45, 2.75) is 12.1 Å². The Morgan fingerprint density at radius 2 is 2.25 bits per heavy atom. The molecule has 0 aliphatic carbocycles. The summed E-state index contributed by atoms with van der Waals surface area (Å²) in [5.74, 6) is 0.183. The number of aryl methyl sites for hydroxylation is 1. The number of nitrogens with two attached hydrogens (primary N) is 1. The maximum Gasteiger partial charge on any atom is 0.251 e. The molecule has 2 aromatic rings. The number of carbonyl (C=O) groups excluding carboxylic acids is 2. The van der Waals surface area contributed by atoms with Crippen molar-refractivity contribution >= 4 is 39.9 Å². The summed E-state index contributed by atoms with van der Waals surface area (Å²) in [4.78, 5) is 23.0. The van der Waals surface area contributed by atoms with E-state index in [1.54, 1.807) is 16.0 Å². The maximum atomic E-state index is 11.8. The van der Waals surface area contributed by atoms with Gasteiger partial charge in [0.1, 0.15) is 10.8 Å². The number of carbonyl (C=O) groups is 2. The topological polar surface area (TPSA) is 103 Å². The Morgan fingerprint density at radius 3 is 2.85 bits per heavy atom. The summed E-state index contributed by atoms with van der Waals surface area (Å²) in [5, 5.41) is 13.4. The van der Waals surface area contributed by atoms with Crippen molar-refractivity contribution in [1.82, 2.24) is 14.8 Å². The number of nitrogens with one attached hydrogen (secondary N) is 1. The number of rotatable bonds is 5. The predicted octanol–water partition coefficient (Wildman–Crippen LogP) is 1.01. The Labute approximate surface area is 123 Å². The van der Waals surface area contributed by atoms with E-state index in [0.717, 1.165) is 5.82 Å². The van der Waals surface area contributed by atoms with E-state index in [-0.39, 0.29) is 11.7 Å². The van der Waals surface area contributed by atoms with Crippen molar-refractivity contribution in [3.05, 3.63) is 22.8 Å². The standard InChI is InChI=1S/C11H13N5O2S2/c1-6-14-15-11(16(6)2)20-5-8(17)13-10-7(9(12)18)3-4-19-10/h3-4H,5H2,1-2H3,(H2,12,18)(H,13,17). The number of primary amides is 1. The summed E-state index contributed by atoms with van der Waals surface area (Å²) < 4.78 is 1.80. The number of thioether (sulfide) groups is 1. The Kier molecular flexibility index (Phi) is 4.40. The lowest BCUT2D eigenvalue weighted by Gasteiger charge is -2.04. The molecule has 7 nitrogen and oxygen atoms in total. The minimum absolute atomic E-state index is 0.183. The number of aromatic nitrogens is 3. The molecule has 0 fully saturated rings. The van der Waals surface area contributed by atoms with Crippen molar-refractivity contribution in [3.8, 4) is 0 Å². The van der Waals surface area contributed by atoms with Crippen molar-refractivity contribution in [2.75, 3.05) is 11.1 Å². The summed E-state index contributed by atoms with van der Waals surface area (Å²) >= 11 is 2.54. The zero-order chi connectivity index (χ0) is 14.7. The van der Waals surface area contributed by atoms with Crippen LogP contribution in [0.15, 0.2) is 16.6 Å². The van der Waals surface area contributed by atoms with Crippen molar-refractivity contribution in [2.24, 2.45) is 12.8 Å². The van der Waals surface area contributed by atoms with Crippen LogP contribution < -0.4 is 11.1 Å². The van der Waals surface area contributed by atoms with E-state index in [1.165, 1.54) is 23.1 Å². The first-order chi connectivity index (χ1) is 9.49. The fourth-order valence-electron chi connectivity index (χ4n) is 1.41. The van der Waals surface area contributed by atoms with Crippen LogP contribution in [0.3, 0.4) is 0 Å². The molecule has 0 unspecified atom stereocenters. The molecule has 0 saturated carbocycles. The van der Waals surface area contributed by atoms with Crippen LogP contribution in [0.25, 0.3) is 0 Å². The summed E-state index contributed by atoms with van der Waals surface area (Å²) in [6.07, 6.45) is 0. The van der Waals surface area contributed by atoms with E-state index in [9.17, 15) is 9.59 Å². The molecule has 2 heterocycles. The van der Waals surface area contributed by atoms with Gasteiger partial charge in [-0.25, -0.2) is 0 Å². The largest absolute Gasteiger partial charge is 0.366 e. The summed E-state index contributed by atoms with van der Waals surface area (Å²) in [6.45, 7) is 1.84. The molecule has 2 amide bonds. The molecule has 0 aliphatic heterocycles. The molecule has 20 heavy (non-hydrogen) atoms. The molecule has 0 saturated heterocycles. The van der Waals surface area contributed by atoms with Gasteiger partial charge in [-0.2, -0.15) is 0 Å². The average Bonchev–Trinajstić information content (AvgIpc) is 2.97. The molecule has 9 heteroatoms. The molecule has 0 atom stereocenters. The lowest BCUT2D eigenvalue weighted by atomic mass is 10.3. The number of nitrogens with zero attached hydrogens (tertiary/aromatic N) is 3. The van der Waals surface area contributed by atoms with E-state index in [1.807, 2.05) is 14.0 Å². The quantitative estimate of drug-likeness (QED) is 0.802. The van der Waals surface area contributed by atoms with Crippen LogP contribution in [-0.2, 0) is 11.8 Å². The van der Waals surface area contributed by atoms with Crippen LogP contribution in [0.1, 0.15) is 16.2 Å². The summed E-state index contributed by atoms with van der Waals surface area (Å²) in [6, 6.07) is 1.59. The normalized spacial score (nSPS) is 10.5. The molecule has 2 aromatic heterocycles. The Bertz CT molecular complexity index is 649. The zero-order valence-electron chi connectivity index (χ0n) is 10.9. The van der Waals surface area contributed by atoms with E-state index in [0.29, 0.717) is 15.7 Å². The van der Waals surface area contributed by atoms with Crippen LogP contribution in [0.5, 0.6) is 0 Å². The lowest BCUT2D eigenvalue weighted by Crippen LogP contribution is -2.18. The first-order valence-electron chi connectivity index (χ1n) is 5.65. The molecular formula is C11H13N5O2S2. The van der Waals surface area contributed by atoms with Crippen molar-refractivity contribution < 1.29 is 9.59 Å². The van der Waals surface area contributed by atoms with Crippen molar-refractivity contribution in [3.63, 3.8) is 0 Å². The number of thiophene rings is 1. The fraction of sp³-hybridized carbons (Fsp3) is 0.273. The minimum Gasteiger partial charge on any atom is -0.366 e. The third-order valence-corrected chi connectivity index (χ3v) is 4.42. The molecule has 3 N–H and O–H groups in total. The molecule has 0 bridgehead atoms. The molecule has 0 spiro atoms. The van der Waals surface area contributed by atoms with Gasteiger partial charge in [0.15, 0.2) is 5.16 Å². The number of amides is 2. The molecule has 0 aliphatic rings. The van der Waals surface area contributed by atoms with Gasteiger partial charge in [-0.1, -0.05) is 11.8 Å². The molecule has 0 aromatic carbocycles. The molecule has 106 valence electrons. The van der Waals surface area contributed by atoms with Crippen molar-refractivity contribution in [1.29, 1.82) is 0 Å². The smallest absolute Gasteiger partial charge is 0.251 e. The highest BCUT2D eigenvalue weighted by Gasteiger charge is 2.14. The monoisotopic (exact) mass is 311 g/mol. The Balaban J connectivity index is 1.94. The first-order valence-corrected chi connectivity index (χ1v) is 7.51. The minimum atomic E-state index is -0.557. The van der Waals surface area contributed by atoms with Gasteiger partial charge in [0, 0.05) is 7.05 Å². The third-order valence-electron chi connectivity index (χ3n) is 2.57. The van der Waals surface area contributed by atoms with Gasteiger partial charge in [-0.3, -0.25) is 9.59 Å². The Morgan fingerprint density at radius 1 is 1.50 bits per heavy atom. The van der Waals surface area contributed by atoms with Gasteiger partial charge >= 0.3 is 0 Å². The van der Waals surface area contributed by atoms with Gasteiger partial charge in [0.2, 0.25) is 5.91 Å². The number of anilines is 1. The molecule has 0 radical (unpaired) electrons. The van der Waals surface area contributed by atoms with Crippen LogP contribution in [0.2, 0.25) is 0 Å². The highest BCUT2D eigenvalue weighted by molar-refractivity contribution is 7.99. The van der Waals surface area contributed by atoms with Gasteiger partial charge in [-0.15, -0.1) is 21.5 Å². The van der Waals surface area contributed by atoms with Crippen LogP contribution in [0, 0.1) is 6.92 Å². The van der Waals surface area contributed by atoms with Gasteiger partial charge in [0.05, 0.1) is 11.3 Å². The van der Waals surface area contributed by atoms with Crippen LogP contribution in [-0.4, -0.2) is 32.3 Å². The van der Waals surface area contributed by atoms with Gasteiger partial charge in [-0.05, 0) is 18.4 Å². The SMILES string of the molecule is Cc1nnc(SCC(=O)Nc2sccc2C(N)=O)n1C. The fourth-order valence-corrected chi connectivity index (χ4v) is 2.97. The highest BCUT2D eigenvalue weighted by atomic mass is 32.2. The number of hydrogen-bond acceptors (Lipinski definition) is 6. The van der Waals surface area contributed by atoms with E-state index in [2.05, 4.69) is 15.5 Å². The average molecular weight is 311 g/mol. The van der Waals surface area contributed by atoms with Crippen LogP contribution in [0.4, 0.5) is 5.00 Å². The van der Waals surface area contributed by atoms with Gasteiger partial charge < -0.3 is 15.6 Å². The summed E-state index contributed by atoms with van der Waals surface area (Å²) in [7, 11) is 1.83. The third kappa shape index (κ3) is 3.17. The van der Waals surface area contributed by atoms with E-state index < -0.39 is 5.91 Å². The second-order valence-corrected chi connectivity index (χ2v) is 5.81. The zero-order valence-corrected chi connectivity index (χ0v) is 12.5. The van der Waals surface area contributed by atoms with E-state index >= 15 is 0 Å². The van der Waals surface area contributed by atoms with Gasteiger partial charge in [0.25, 0.3) is 5.91 Å². The summed E-state index contributed by atoms with van der Waals surface area (Å²) in [5.41, 5.74) is 5.53. The number of hydrogen-bond donors (Lipinski definition) is 2. The van der Waals surface area contributed by atoms with Crippen LogP contribution >= 0.6 is 23.1 Å². The predicted molar refractivity (Wildman–Crippen MR) is 77.9 cm³/mol. The lowest BCUT2D eigenvalue weighted by molar-refractivity contribution is -0.113. The second-order valence-electron chi connectivity index (χ2n) is 3.95. The molecule has 2 rings (SSSR count). The second kappa shape index (κ2) is 6.06.